The minimum absolute atomic E-state index is 0.0146. The van der Waals surface area contributed by atoms with Gasteiger partial charge in [-0.15, -0.1) is 0 Å². The Morgan fingerprint density at radius 3 is 2.68 bits per heavy atom. The fraction of sp³-hybridized carbons (Fsp3) is 0.346. The topological polar surface area (TPSA) is 89.4 Å². The average Bonchev–Trinajstić information content (AvgIpc) is 3.37. The molecule has 1 aliphatic carbocycles. The lowest BCUT2D eigenvalue weighted by Gasteiger charge is -2.46. The number of morpholine rings is 1. The second-order valence-electron chi connectivity index (χ2n) is 9.34. The Morgan fingerprint density at radius 2 is 2.00 bits per heavy atom. The molecule has 12 heteroatoms. The van der Waals surface area contributed by atoms with E-state index in [0.29, 0.717) is 36.2 Å². The van der Waals surface area contributed by atoms with E-state index in [0.717, 1.165) is 18.2 Å². The van der Waals surface area contributed by atoms with Crippen molar-refractivity contribution in [2.45, 2.75) is 24.7 Å². The number of amides is 1. The first-order valence-electron chi connectivity index (χ1n) is 11.8. The van der Waals surface area contributed by atoms with Crippen molar-refractivity contribution in [3.8, 4) is 6.07 Å². The van der Waals surface area contributed by atoms with Crippen LogP contribution in [0.5, 0.6) is 0 Å². The molecule has 198 valence electrons. The minimum Gasteiger partial charge on any atom is -0.370 e. The zero-order valence-electron chi connectivity index (χ0n) is 19.8. The van der Waals surface area contributed by atoms with Crippen molar-refractivity contribution in [2.24, 2.45) is 0 Å². The molecule has 0 spiro atoms. The standard InChI is InChI=1S/C26H21ClF4N4O3/c27-23-19(15-2-1-14(7-15)10-32)8-16(28)9-20(23)25(37)35-6-5-34-12-21(38-13-17(34)11-35)18-3-4-22(26(29,30)31)33-24(18)36/h2-4,7-9,17,21H,1,5-6,11-13H2,(H,33,36)/t17-,21-/m0/s1. The van der Waals surface area contributed by atoms with E-state index in [1.165, 1.54) is 6.07 Å². The molecule has 1 amide bonds. The number of halogens is 5. The second kappa shape index (κ2) is 10.0. The lowest BCUT2D eigenvalue weighted by atomic mass is 10.0. The van der Waals surface area contributed by atoms with Crippen LogP contribution in [0, 0.1) is 17.1 Å². The summed E-state index contributed by atoms with van der Waals surface area (Å²) in [4.78, 5) is 31.1. The van der Waals surface area contributed by atoms with E-state index in [1.54, 1.807) is 17.1 Å². The van der Waals surface area contributed by atoms with Crippen molar-refractivity contribution in [1.29, 1.82) is 5.26 Å². The lowest BCUT2D eigenvalue weighted by Crippen LogP contribution is -2.59. The van der Waals surface area contributed by atoms with Gasteiger partial charge >= 0.3 is 6.18 Å². The van der Waals surface area contributed by atoms with Crippen molar-refractivity contribution in [3.05, 3.63) is 85.6 Å². The average molecular weight is 549 g/mol. The number of nitrogens with zero attached hydrogens (tertiary/aromatic N) is 3. The van der Waals surface area contributed by atoms with Crippen molar-refractivity contribution in [1.82, 2.24) is 14.8 Å². The Kier molecular flexibility index (Phi) is 6.90. The number of aromatic nitrogens is 1. The molecule has 2 atom stereocenters. The number of nitriles is 1. The van der Waals surface area contributed by atoms with Crippen LogP contribution in [-0.2, 0) is 10.9 Å². The van der Waals surface area contributed by atoms with Gasteiger partial charge in [0.05, 0.1) is 29.3 Å². The second-order valence-corrected chi connectivity index (χ2v) is 9.71. The predicted molar refractivity (Wildman–Crippen MR) is 130 cm³/mol. The number of aromatic amines is 1. The monoisotopic (exact) mass is 548 g/mol. The minimum atomic E-state index is -4.66. The third kappa shape index (κ3) is 4.99. The molecule has 0 bridgehead atoms. The van der Waals surface area contributed by atoms with Crippen LogP contribution in [0.3, 0.4) is 0 Å². The summed E-state index contributed by atoms with van der Waals surface area (Å²) in [5.74, 6) is -1.07. The molecule has 2 saturated heterocycles. The number of carbonyl (C=O) groups is 1. The summed E-state index contributed by atoms with van der Waals surface area (Å²) < 4.78 is 59.0. The van der Waals surface area contributed by atoms with Gasteiger partial charge in [0.15, 0.2) is 0 Å². The summed E-state index contributed by atoms with van der Waals surface area (Å²) in [7, 11) is 0. The summed E-state index contributed by atoms with van der Waals surface area (Å²) in [6.45, 7) is 1.40. The molecule has 7 nitrogen and oxygen atoms in total. The molecule has 0 saturated carbocycles. The van der Waals surface area contributed by atoms with Gasteiger partial charge in [-0.1, -0.05) is 17.7 Å². The molecule has 0 radical (unpaired) electrons. The Bertz CT molecular complexity index is 1460. The van der Waals surface area contributed by atoms with Crippen molar-refractivity contribution < 1.29 is 27.1 Å². The highest BCUT2D eigenvalue weighted by molar-refractivity contribution is 6.35. The van der Waals surface area contributed by atoms with Gasteiger partial charge in [0.1, 0.15) is 17.6 Å². The van der Waals surface area contributed by atoms with Crippen LogP contribution < -0.4 is 5.56 Å². The summed E-state index contributed by atoms with van der Waals surface area (Å²) in [6, 6.07) is 6.11. The number of nitrogens with one attached hydrogen (secondary N) is 1. The number of carbonyl (C=O) groups excluding carboxylic acids is 1. The third-order valence-corrected chi connectivity index (χ3v) is 7.38. The quantitative estimate of drug-likeness (QED) is 0.577. The Labute approximate surface area is 219 Å². The summed E-state index contributed by atoms with van der Waals surface area (Å²) >= 11 is 6.54. The molecule has 0 unspecified atom stereocenters. The van der Waals surface area contributed by atoms with Gasteiger partial charge in [0.2, 0.25) is 0 Å². The highest BCUT2D eigenvalue weighted by atomic mass is 35.5. The molecule has 3 heterocycles. The molecular weight excluding hydrogens is 528 g/mol. The Hall–Kier alpha value is -3.46. The number of fused-ring (bicyclic) bond motifs is 1. The molecule has 1 aromatic carbocycles. The zero-order valence-corrected chi connectivity index (χ0v) is 20.6. The van der Waals surface area contributed by atoms with Gasteiger partial charge in [-0.3, -0.25) is 14.5 Å². The van der Waals surface area contributed by atoms with Gasteiger partial charge < -0.3 is 14.6 Å². The van der Waals surface area contributed by atoms with Crippen LogP contribution in [0.4, 0.5) is 17.6 Å². The molecule has 38 heavy (non-hydrogen) atoms. The Balaban J connectivity index is 1.29. The SMILES string of the molecule is N#CC1=CC(c2cc(F)cc(C(=O)N3CCN4C[C@@H](c5ccc(C(F)(F)F)[nH]c5=O)OC[C@@H]4C3)c2Cl)=CC1. The van der Waals surface area contributed by atoms with Crippen LogP contribution >= 0.6 is 11.6 Å². The van der Waals surface area contributed by atoms with Gasteiger partial charge in [-0.05, 0) is 35.9 Å². The lowest BCUT2D eigenvalue weighted by molar-refractivity contribution is -0.141. The molecule has 2 aromatic rings. The van der Waals surface area contributed by atoms with Gasteiger partial charge in [-0.2, -0.15) is 18.4 Å². The largest absolute Gasteiger partial charge is 0.431 e. The number of rotatable bonds is 3. The maximum Gasteiger partial charge on any atom is 0.431 e. The smallest absolute Gasteiger partial charge is 0.370 e. The number of piperazine rings is 1. The van der Waals surface area contributed by atoms with E-state index in [1.807, 2.05) is 9.88 Å². The van der Waals surface area contributed by atoms with E-state index >= 15 is 0 Å². The van der Waals surface area contributed by atoms with Gasteiger partial charge in [-0.25, -0.2) is 4.39 Å². The van der Waals surface area contributed by atoms with Crippen LogP contribution in [0.1, 0.15) is 39.7 Å². The molecule has 2 aliphatic heterocycles. The van der Waals surface area contributed by atoms with Crippen LogP contribution in [0.25, 0.3) is 5.57 Å². The molecule has 1 N–H and O–H groups in total. The number of benzene rings is 1. The van der Waals surface area contributed by atoms with Gasteiger partial charge in [0, 0.05) is 49.3 Å². The third-order valence-electron chi connectivity index (χ3n) is 6.97. The van der Waals surface area contributed by atoms with E-state index in [2.05, 4.69) is 6.07 Å². The summed E-state index contributed by atoms with van der Waals surface area (Å²) in [5, 5.41) is 9.20. The number of alkyl halides is 3. The fourth-order valence-corrected chi connectivity index (χ4v) is 5.28. The zero-order chi connectivity index (χ0) is 27.2. The first kappa shape index (κ1) is 26.2. The molecule has 1 aromatic heterocycles. The molecule has 2 fully saturated rings. The van der Waals surface area contributed by atoms with Crippen LogP contribution in [0.15, 0.2) is 46.8 Å². The first-order chi connectivity index (χ1) is 18.0. The number of ether oxygens (including phenoxy) is 1. The number of allylic oxidation sites excluding steroid dienone is 4. The summed E-state index contributed by atoms with van der Waals surface area (Å²) in [5.41, 5.74) is -0.443. The number of pyridine rings is 1. The van der Waals surface area contributed by atoms with Crippen molar-refractivity contribution >= 4 is 23.1 Å². The van der Waals surface area contributed by atoms with E-state index < -0.39 is 35.3 Å². The fourth-order valence-electron chi connectivity index (χ4n) is 4.98. The molecule has 5 rings (SSSR count). The highest BCUT2D eigenvalue weighted by Gasteiger charge is 2.38. The Morgan fingerprint density at radius 1 is 1.21 bits per heavy atom. The molecule has 3 aliphatic rings. The number of hydrogen-bond acceptors (Lipinski definition) is 5. The van der Waals surface area contributed by atoms with E-state index in [9.17, 15) is 27.2 Å². The van der Waals surface area contributed by atoms with Crippen molar-refractivity contribution in [3.63, 3.8) is 0 Å². The van der Waals surface area contributed by atoms with Gasteiger partial charge in [0.25, 0.3) is 11.5 Å². The van der Waals surface area contributed by atoms with E-state index in [-0.39, 0.29) is 41.9 Å². The maximum absolute atomic E-state index is 14.5. The number of H-pyrrole nitrogens is 1. The number of hydrogen-bond donors (Lipinski definition) is 1. The normalized spacial score (nSPS) is 21.9. The summed E-state index contributed by atoms with van der Waals surface area (Å²) in [6.07, 6.45) is -1.60. The first-order valence-corrected chi connectivity index (χ1v) is 12.2. The maximum atomic E-state index is 14.5. The predicted octanol–water partition coefficient (Wildman–Crippen LogP) is 4.32. The van der Waals surface area contributed by atoms with Crippen molar-refractivity contribution in [2.75, 3.05) is 32.8 Å². The van der Waals surface area contributed by atoms with E-state index in [4.69, 9.17) is 21.6 Å². The van der Waals surface area contributed by atoms with Crippen LogP contribution in [-0.4, -0.2) is 59.5 Å². The highest BCUT2D eigenvalue weighted by Crippen LogP contribution is 2.35. The molecular formula is C26H21ClF4N4O3. The van der Waals surface area contributed by atoms with Crippen LogP contribution in [0.2, 0.25) is 5.02 Å².